The van der Waals surface area contributed by atoms with Gasteiger partial charge in [-0.15, -0.1) is 0 Å². The van der Waals surface area contributed by atoms with Crippen LogP contribution in [0.4, 0.5) is 10.1 Å². The van der Waals surface area contributed by atoms with Gasteiger partial charge in [0.1, 0.15) is 10.8 Å². The van der Waals surface area contributed by atoms with E-state index in [4.69, 9.17) is 18.0 Å². The molecule has 0 amide bonds. The standard InChI is InChI=1S/C14H20FN3S/c1-17(9-10-18-7-2-3-8-18)12-6-4-5-11(15)13(12)14(16)19/h4-6H,2-3,7-10H2,1H3,(H2,16,19). The molecule has 1 aromatic rings. The Hall–Kier alpha value is -1.20. The molecule has 0 saturated carbocycles. The van der Waals surface area contributed by atoms with Crippen LogP contribution in [-0.4, -0.2) is 43.1 Å². The fourth-order valence-corrected chi connectivity index (χ4v) is 2.69. The van der Waals surface area contributed by atoms with E-state index >= 15 is 0 Å². The van der Waals surface area contributed by atoms with E-state index in [1.165, 1.54) is 32.0 Å². The Morgan fingerprint density at radius 2 is 2.11 bits per heavy atom. The van der Waals surface area contributed by atoms with Crippen LogP contribution in [0.3, 0.4) is 0 Å². The Bertz CT molecular complexity index is 458. The van der Waals surface area contributed by atoms with Crippen LogP contribution < -0.4 is 10.6 Å². The summed E-state index contributed by atoms with van der Waals surface area (Å²) < 4.78 is 13.8. The maximum atomic E-state index is 13.8. The van der Waals surface area contributed by atoms with Gasteiger partial charge >= 0.3 is 0 Å². The van der Waals surface area contributed by atoms with Crippen molar-refractivity contribution in [1.29, 1.82) is 0 Å². The van der Waals surface area contributed by atoms with Gasteiger partial charge in [-0.2, -0.15) is 0 Å². The van der Waals surface area contributed by atoms with Gasteiger partial charge in [-0.25, -0.2) is 4.39 Å². The van der Waals surface area contributed by atoms with Crippen LogP contribution in [0.5, 0.6) is 0 Å². The number of nitrogens with two attached hydrogens (primary N) is 1. The molecule has 0 atom stereocenters. The van der Waals surface area contributed by atoms with Crippen LogP contribution in [0.25, 0.3) is 0 Å². The number of likely N-dealkylation sites (tertiary alicyclic amines) is 1. The predicted molar refractivity (Wildman–Crippen MR) is 81.2 cm³/mol. The zero-order chi connectivity index (χ0) is 13.8. The first kappa shape index (κ1) is 14.2. The van der Waals surface area contributed by atoms with Crippen molar-refractivity contribution in [2.45, 2.75) is 12.8 Å². The SMILES string of the molecule is CN(CCN1CCCC1)c1cccc(F)c1C(N)=S. The summed E-state index contributed by atoms with van der Waals surface area (Å²) in [5.41, 5.74) is 6.74. The highest BCUT2D eigenvalue weighted by molar-refractivity contribution is 7.80. The molecule has 1 aromatic carbocycles. The van der Waals surface area contributed by atoms with Gasteiger partial charge in [0, 0.05) is 25.8 Å². The monoisotopic (exact) mass is 281 g/mol. The van der Waals surface area contributed by atoms with Crippen LogP contribution >= 0.6 is 12.2 Å². The van der Waals surface area contributed by atoms with E-state index in [1.54, 1.807) is 6.07 Å². The molecule has 0 spiro atoms. The van der Waals surface area contributed by atoms with Crippen molar-refractivity contribution in [1.82, 2.24) is 4.90 Å². The number of thiocarbonyl (C=S) groups is 1. The Morgan fingerprint density at radius 3 is 2.74 bits per heavy atom. The Kier molecular flexibility index (Phi) is 4.71. The van der Waals surface area contributed by atoms with E-state index in [0.29, 0.717) is 5.56 Å². The number of anilines is 1. The van der Waals surface area contributed by atoms with Crippen molar-refractivity contribution in [2.24, 2.45) is 5.73 Å². The van der Waals surface area contributed by atoms with Crippen LogP contribution in [-0.2, 0) is 0 Å². The largest absolute Gasteiger partial charge is 0.389 e. The first-order valence-corrected chi connectivity index (χ1v) is 7.02. The van der Waals surface area contributed by atoms with E-state index in [-0.39, 0.29) is 10.8 Å². The number of halogens is 1. The van der Waals surface area contributed by atoms with Crippen LogP contribution in [0.2, 0.25) is 0 Å². The van der Waals surface area contributed by atoms with Crippen molar-refractivity contribution in [3.8, 4) is 0 Å². The second kappa shape index (κ2) is 6.30. The quantitative estimate of drug-likeness (QED) is 0.837. The number of hydrogen-bond acceptors (Lipinski definition) is 3. The lowest BCUT2D eigenvalue weighted by molar-refractivity contribution is 0.346. The minimum absolute atomic E-state index is 0.112. The average Bonchev–Trinajstić information content (AvgIpc) is 2.88. The molecule has 0 radical (unpaired) electrons. The second-order valence-electron chi connectivity index (χ2n) is 4.97. The molecule has 2 rings (SSSR count). The molecule has 1 aliphatic rings. The summed E-state index contributed by atoms with van der Waals surface area (Å²) >= 11 is 4.95. The van der Waals surface area contributed by atoms with Gasteiger partial charge in [0.15, 0.2) is 0 Å². The molecule has 5 heteroatoms. The molecule has 19 heavy (non-hydrogen) atoms. The molecule has 0 aromatic heterocycles. The van der Waals surface area contributed by atoms with Crippen LogP contribution in [0, 0.1) is 5.82 Å². The minimum Gasteiger partial charge on any atom is -0.389 e. The topological polar surface area (TPSA) is 32.5 Å². The number of hydrogen-bond donors (Lipinski definition) is 1. The van der Waals surface area contributed by atoms with Gasteiger partial charge < -0.3 is 15.5 Å². The predicted octanol–water partition coefficient (Wildman–Crippen LogP) is 1.99. The normalized spacial score (nSPS) is 15.7. The molecule has 0 aliphatic carbocycles. The van der Waals surface area contributed by atoms with Crippen molar-refractivity contribution >= 4 is 22.9 Å². The summed E-state index contributed by atoms with van der Waals surface area (Å²) in [6.07, 6.45) is 2.56. The smallest absolute Gasteiger partial charge is 0.135 e. The summed E-state index contributed by atoms with van der Waals surface area (Å²) in [5.74, 6) is -0.349. The molecule has 104 valence electrons. The third-order valence-corrected chi connectivity index (χ3v) is 3.80. The van der Waals surface area contributed by atoms with E-state index in [2.05, 4.69) is 4.90 Å². The van der Waals surface area contributed by atoms with E-state index in [0.717, 1.165) is 18.8 Å². The molecular formula is C14H20FN3S. The molecule has 3 nitrogen and oxygen atoms in total. The first-order chi connectivity index (χ1) is 9.09. The van der Waals surface area contributed by atoms with E-state index in [9.17, 15) is 4.39 Å². The summed E-state index contributed by atoms with van der Waals surface area (Å²) in [6.45, 7) is 4.17. The van der Waals surface area contributed by atoms with Gasteiger partial charge in [-0.05, 0) is 38.1 Å². The first-order valence-electron chi connectivity index (χ1n) is 6.61. The fraction of sp³-hybridized carbons (Fsp3) is 0.500. The Morgan fingerprint density at radius 1 is 1.42 bits per heavy atom. The third kappa shape index (κ3) is 3.42. The molecular weight excluding hydrogens is 261 g/mol. The van der Waals surface area contributed by atoms with Gasteiger partial charge in [0.05, 0.1) is 5.56 Å². The summed E-state index contributed by atoms with van der Waals surface area (Å²) in [4.78, 5) is 4.56. The fourth-order valence-electron chi connectivity index (χ4n) is 2.49. The molecule has 0 unspecified atom stereocenters. The number of likely N-dealkylation sites (N-methyl/N-ethyl adjacent to an activating group) is 1. The zero-order valence-corrected chi connectivity index (χ0v) is 12.0. The summed E-state index contributed by atoms with van der Waals surface area (Å²) in [6, 6.07) is 4.95. The van der Waals surface area contributed by atoms with Crippen LogP contribution in [0.15, 0.2) is 18.2 Å². The molecule has 2 N–H and O–H groups in total. The number of benzene rings is 1. The highest BCUT2D eigenvalue weighted by atomic mass is 32.1. The lowest BCUT2D eigenvalue weighted by atomic mass is 10.1. The highest BCUT2D eigenvalue weighted by Crippen LogP contribution is 2.22. The number of nitrogens with zero attached hydrogens (tertiary/aromatic N) is 2. The molecule has 1 fully saturated rings. The van der Waals surface area contributed by atoms with Crippen molar-refractivity contribution in [3.05, 3.63) is 29.6 Å². The van der Waals surface area contributed by atoms with Gasteiger partial charge in [0.2, 0.25) is 0 Å². The van der Waals surface area contributed by atoms with Crippen LogP contribution in [0.1, 0.15) is 18.4 Å². The molecule has 0 bridgehead atoms. The van der Waals surface area contributed by atoms with Gasteiger partial charge in [-0.3, -0.25) is 0 Å². The molecule has 1 aliphatic heterocycles. The zero-order valence-electron chi connectivity index (χ0n) is 11.2. The number of rotatable bonds is 5. The van der Waals surface area contributed by atoms with Gasteiger partial charge in [-0.1, -0.05) is 18.3 Å². The molecule has 1 saturated heterocycles. The molecule has 1 heterocycles. The highest BCUT2D eigenvalue weighted by Gasteiger charge is 2.16. The van der Waals surface area contributed by atoms with Crippen molar-refractivity contribution in [2.75, 3.05) is 38.1 Å². The van der Waals surface area contributed by atoms with Crippen molar-refractivity contribution < 1.29 is 4.39 Å². The maximum Gasteiger partial charge on any atom is 0.135 e. The summed E-state index contributed by atoms with van der Waals surface area (Å²) in [7, 11) is 1.95. The van der Waals surface area contributed by atoms with E-state index in [1.807, 2.05) is 18.0 Å². The lowest BCUT2D eigenvalue weighted by Gasteiger charge is -2.25. The Labute approximate surface area is 119 Å². The van der Waals surface area contributed by atoms with Gasteiger partial charge in [0.25, 0.3) is 0 Å². The summed E-state index contributed by atoms with van der Waals surface area (Å²) in [5, 5.41) is 0. The lowest BCUT2D eigenvalue weighted by Crippen LogP contribution is -2.32. The minimum atomic E-state index is -0.349. The Balaban J connectivity index is 2.07. The van der Waals surface area contributed by atoms with E-state index < -0.39 is 0 Å². The third-order valence-electron chi connectivity index (χ3n) is 3.60. The second-order valence-corrected chi connectivity index (χ2v) is 5.41. The average molecular weight is 281 g/mol. The van der Waals surface area contributed by atoms with Crippen molar-refractivity contribution in [3.63, 3.8) is 0 Å². The maximum absolute atomic E-state index is 13.8.